The number of nitrogens with zero attached hydrogens (tertiary/aromatic N) is 1. The highest BCUT2D eigenvalue weighted by Gasteiger charge is 2.20. The fourth-order valence-corrected chi connectivity index (χ4v) is 2.41. The van der Waals surface area contributed by atoms with Crippen LogP contribution in [0.15, 0.2) is 24.3 Å². The standard InChI is InChI=1S/C15H21NO2/c1-2-16(10-12-5-3-6-12)11-13-7-4-8-14(9-13)15(17)18/h4,7-9,12H,2-3,5-6,10-11H2,1H3,(H,17,18). The number of hydrogen-bond donors (Lipinski definition) is 1. The lowest BCUT2D eigenvalue weighted by Crippen LogP contribution is -2.32. The van der Waals surface area contributed by atoms with Gasteiger partial charge >= 0.3 is 5.97 Å². The molecule has 0 heterocycles. The van der Waals surface area contributed by atoms with E-state index in [0.717, 1.165) is 31.1 Å². The molecule has 0 aromatic heterocycles. The van der Waals surface area contributed by atoms with Gasteiger partial charge in [0.25, 0.3) is 0 Å². The van der Waals surface area contributed by atoms with Crippen molar-refractivity contribution in [3.05, 3.63) is 35.4 Å². The Morgan fingerprint density at radius 3 is 2.78 bits per heavy atom. The van der Waals surface area contributed by atoms with Gasteiger partial charge in [0.1, 0.15) is 0 Å². The minimum Gasteiger partial charge on any atom is -0.478 e. The molecule has 1 saturated carbocycles. The highest BCUT2D eigenvalue weighted by atomic mass is 16.4. The summed E-state index contributed by atoms with van der Waals surface area (Å²) in [5.41, 5.74) is 1.48. The summed E-state index contributed by atoms with van der Waals surface area (Å²) < 4.78 is 0. The van der Waals surface area contributed by atoms with Crippen LogP contribution in [0.5, 0.6) is 0 Å². The Morgan fingerprint density at radius 2 is 2.22 bits per heavy atom. The number of hydrogen-bond acceptors (Lipinski definition) is 2. The normalized spacial score (nSPS) is 15.7. The van der Waals surface area contributed by atoms with E-state index >= 15 is 0 Å². The second kappa shape index (κ2) is 6.01. The van der Waals surface area contributed by atoms with Gasteiger partial charge in [0, 0.05) is 13.1 Å². The summed E-state index contributed by atoms with van der Waals surface area (Å²) in [5, 5.41) is 8.98. The third-order valence-electron chi connectivity index (χ3n) is 3.77. The third kappa shape index (κ3) is 3.33. The lowest BCUT2D eigenvalue weighted by Gasteiger charge is -2.31. The van der Waals surface area contributed by atoms with Crippen molar-refractivity contribution in [2.24, 2.45) is 5.92 Å². The molecule has 1 aliphatic rings. The van der Waals surface area contributed by atoms with Gasteiger partial charge in [-0.3, -0.25) is 4.90 Å². The Hall–Kier alpha value is -1.35. The average Bonchev–Trinajstić information content (AvgIpc) is 2.32. The third-order valence-corrected chi connectivity index (χ3v) is 3.77. The SMILES string of the molecule is CCN(Cc1cccc(C(=O)O)c1)CC1CCC1. The van der Waals surface area contributed by atoms with E-state index < -0.39 is 5.97 Å². The van der Waals surface area contributed by atoms with Crippen LogP contribution in [0.2, 0.25) is 0 Å². The van der Waals surface area contributed by atoms with Crippen molar-refractivity contribution in [1.29, 1.82) is 0 Å². The quantitative estimate of drug-likeness (QED) is 0.840. The summed E-state index contributed by atoms with van der Waals surface area (Å²) in [6.07, 6.45) is 4.08. The molecule has 0 aliphatic heterocycles. The van der Waals surface area contributed by atoms with Gasteiger partial charge in [-0.05, 0) is 43.0 Å². The Balaban J connectivity index is 1.97. The smallest absolute Gasteiger partial charge is 0.335 e. The van der Waals surface area contributed by atoms with Gasteiger partial charge in [-0.25, -0.2) is 4.79 Å². The number of carbonyl (C=O) groups is 1. The predicted molar refractivity (Wildman–Crippen MR) is 71.7 cm³/mol. The van der Waals surface area contributed by atoms with Crippen LogP contribution >= 0.6 is 0 Å². The lowest BCUT2D eigenvalue weighted by atomic mass is 9.85. The maximum Gasteiger partial charge on any atom is 0.335 e. The molecule has 0 amide bonds. The Kier molecular flexibility index (Phi) is 4.37. The van der Waals surface area contributed by atoms with Gasteiger partial charge in [-0.15, -0.1) is 0 Å². The number of aromatic carboxylic acids is 1. The number of benzene rings is 1. The largest absolute Gasteiger partial charge is 0.478 e. The van der Waals surface area contributed by atoms with Crippen LogP contribution in [-0.4, -0.2) is 29.1 Å². The molecule has 0 unspecified atom stereocenters. The molecule has 98 valence electrons. The van der Waals surface area contributed by atoms with Crippen molar-refractivity contribution < 1.29 is 9.90 Å². The predicted octanol–water partition coefficient (Wildman–Crippen LogP) is 3.01. The van der Waals surface area contributed by atoms with Crippen molar-refractivity contribution in [2.45, 2.75) is 32.7 Å². The first-order chi connectivity index (χ1) is 8.69. The molecule has 1 fully saturated rings. The lowest BCUT2D eigenvalue weighted by molar-refractivity contribution is 0.0696. The Morgan fingerprint density at radius 1 is 1.44 bits per heavy atom. The number of rotatable bonds is 6. The van der Waals surface area contributed by atoms with Crippen molar-refractivity contribution in [1.82, 2.24) is 4.90 Å². The van der Waals surface area contributed by atoms with Gasteiger partial charge in [0.05, 0.1) is 5.56 Å². The van der Waals surface area contributed by atoms with Gasteiger partial charge in [-0.2, -0.15) is 0 Å². The van der Waals surface area contributed by atoms with Gasteiger partial charge < -0.3 is 5.11 Å². The van der Waals surface area contributed by atoms with Crippen LogP contribution in [0.4, 0.5) is 0 Å². The van der Waals surface area contributed by atoms with Crippen LogP contribution in [0.25, 0.3) is 0 Å². The first-order valence-corrected chi connectivity index (χ1v) is 6.73. The summed E-state index contributed by atoms with van der Waals surface area (Å²) in [6, 6.07) is 7.27. The second-order valence-electron chi connectivity index (χ2n) is 5.13. The zero-order chi connectivity index (χ0) is 13.0. The molecular formula is C15H21NO2. The molecule has 3 heteroatoms. The maximum absolute atomic E-state index is 10.9. The average molecular weight is 247 g/mol. The van der Waals surface area contributed by atoms with Crippen LogP contribution in [-0.2, 0) is 6.54 Å². The van der Waals surface area contributed by atoms with Crippen LogP contribution < -0.4 is 0 Å². The molecule has 0 saturated heterocycles. The molecule has 1 N–H and O–H groups in total. The molecular weight excluding hydrogens is 226 g/mol. The van der Waals surface area contributed by atoms with Crippen molar-refractivity contribution in [3.63, 3.8) is 0 Å². The van der Waals surface area contributed by atoms with Crippen molar-refractivity contribution in [2.75, 3.05) is 13.1 Å². The summed E-state index contributed by atoms with van der Waals surface area (Å²) in [4.78, 5) is 13.3. The molecule has 0 spiro atoms. The summed E-state index contributed by atoms with van der Waals surface area (Å²) >= 11 is 0. The summed E-state index contributed by atoms with van der Waals surface area (Å²) in [7, 11) is 0. The van der Waals surface area contributed by atoms with E-state index in [1.807, 2.05) is 12.1 Å². The highest BCUT2D eigenvalue weighted by Crippen LogP contribution is 2.27. The molecule has 1 aliphatic carbocycles. The van der Waals surface area contributed by atoms with Gasteiger partial charge in [0.15, 0.2) is 0 Å². The molecule has 1 aromatic rings. The van der Waals surface area contributed by atoms with E-state index in [2.05, 4.69) is 11.8 Å². The van der Waals surface area contributed by atoms with Crippen LogP contribution in [0.1, 0.15) is 42.1 Å². The molecule has 1 aromatic carbocycles. The molecule has 18 heavy (non-hydrogen) atoms. The van der Waals surface area contributed by atoms with Gasteiger partial charge in [0.2, 0.25) is 0 Å². The fourth-order valence-electron chi connectivity index (χ4n) is 2.41. The topological polar surface area (TPSA) is 40.5 Å². The highest BCUT2D eigenvalue weighted by molar-refractivity contribution is 5.87. The van der Waals surface area contributed by atoms with Crippen molar-refractivity contribution >= 4 is 5.97 Å². The van der Waals surface area contributed by atoms with E-state index in [1.165, 1.54) is 19.3 Å². The zero-order valence-electron chi connectivity index (χ0n) is 10.9. The Bertz CT molecular complexity index is 413. The van der Waals surface area contributed by atoms with Crippen molar-refractivity contribution in [3.8, 4) is 0 Å². The van der Waals surface area contributed by atoms with E-state index in [0.29, 0.717) is 5.56 Å². The van der Waals surface area contributed by atoms with E-state index in [-0.39, 0.29) is 0 Å². The van der Waals surface area contributed by atoms with Gasteiger partial charge in [-0.1, -0.05) is 25.5 Å². The molecule has 3 nitrogen and oxygen atoms in total. The molecule has 0 radical (unpaired) electrons. The minimum atomic E-state index is -0.848. The number of carboxylic acids is 1. The maximum atomic E-state index is 10.9. The van der Waals surface area contributed by atoms with E-state index in [4.69, 9.17) is 5.11 Å². The zero-order valence-corrected chi connectivity index (χ0v) is 10.9. The first kappa shape index (κ1) is 13.1. The minimum absolute atomic E-state index is 0.382. The summed E-state index contributed by atoms with van der Waals surface area (Å²) in [6.45, 7) is 5.19. The second-order valence-corrected chi connectivity index (χ2v) is 5.13. The molecule has 0 atom stereocenters. The summed E-state index contributed by atoms with van der Waals surface area (Å²) in [5.74, 6) is 0.00602. The molecule has 0 bridgehead atoms. The van der Waals surface area contributed by atoms with E-state index in [1.54, 1.807) is 12.1 Å². The first-order valence-electron chi connectivity index (χ1n) is 6.73. The van der Waals surface area contributed by atoms with Crippen LogP contribution in [0, 0.1) is 5.92 Å². The fraction of sp³-hybridized carbons (Fsp3) is 0.533. The van der Waals surface area contributed by atoms with E-state index in [9.17, 15) is 4.79 Å². The monoisotopic (exact) mass is 247 g/mol. The number of carboxylic acid groups (broad SMARTS) is 1. The van der Waals surface area contributed by atoms with Crippen LogP contribution in [0.3, 0.4) is 0 Å². The Labute approximate surface area is 108 Å². The molecule has 2 rings (SSSR count).